The first-order valence-electron chi connectivity index (χ1n) is 5.53. The summed E-state index contributed by atoms with van der Waals surface area (Å²) in [5.41, 5.74) is 7.80. The van der Waals surface area contributed by atoms with Gasteiger partial charge in [-0.3, -0.25) is 4.98 Å². The third-order valence-corrected chi connectivity index (χ3v) is 2.83. The zero-order chi connectivity index (χ0) is 13.2. The Bertz CT molecular complexity index is 712. The molecule has 0 bridgehead atoms. The third-order valence-electron chi connectivity index (χ3n) is 2.59. The lowest BCUT2D eigenvalue weighted by Gasteiger charge is -2.00. The lowest BCUT2D eigenvalue weighted by molar-refractivity contribution is 0.432. The van der Waals surface area contributed by atoms with Crippen molar-refractivity contribution in [1.82, 2.24) is 15.1 Å². The van der Waals surface area contributed by atoms with Gasteiger partial charge in [-0.1, -0.05) is 16.8 Å². The van der Waals surface area contributed by atoms with Crippen molar-refractivity contribution in [3.63, 3.8) is 0 Å². The minimum atomic E-state index is 0.332. The monoisotopic (exact) mass is 272 g/mol. The molecular formula is C13H9ClN4O. The molecule has 0 unspecified atom stereocenters. The molecule has 0 aliphatic rings. The SMILES string of the molecule is Nc1ccc(Cl)cc1-c1nc(-c2cccnc2)no1. The summed E-state index contributed by atoms with van der Waals surface area (Å²) in [4.78, 5) is 8.30. The Kier molecular flexibility index (Phi) is 2.89. The molecule has 2 aromatic heterocycles. The van der Waals surface area contributed by atoms with E-state index in [1.807, 2.05) is 6.07 Å². The number of benzene rings is 1. The van der Waals surface area contributed by atoms with Crippen LogP contribution < -0.4 is 5.73 Å². The Morgan fingerprint density at radius 2 is 2.11 bits per heavy atom. The third kappa shape index (κ3) is 2.28. The van der Waals surface area contributed by atoms with Gasteiger partial charge in [0.2, 0.25) is 5.82 Å². The second kappa shape index (κ2) is 4.70. The Morgan fingerprint density at radius 1 is 1.21 bits per heavy atom. The van der Waals surface area contributed by atoms with E-state index < -0.39 is 0 Å². The van der Waals surface area contributed by atoms with E-state index in [-0.39, 0.29) is 0 Å². The number of aromatic nitrogens is 3. The highest BCUT2D eigenvalue weighted by molar-refractivity contribution is 6.31. The van der Waals surface area contributed by atoms with Crippen molar-refractivity contribution in [2.24, 2.45) is 0 Å². The molecule has 1 aromatic carbocycles. The number of rotatable bonds is 2. The van der Waals surface area contributed by atoms with Crippen LogP contribution in [0.2, 0.25) is 5.02 Å². The van der Waals surface area contributed by atoms with E-state index in [1.165, 1.54) is 0 Å². The number of pyridine rings is 1. The molecule has 2 heterocycles. The molecule has 2 N–H and O–H groups in total. The summed E-state index contributed by atoms with van der Waals surface area (Å²) in [6, 6.07) is 8.75. The second-order valence-electron chi connectivity index (χ2n) is 3.90. The second-order valence-corrected chi connectivity index (χ2v) is 4.33. The molecule has 0 spiro atoms. The molecule has 0 radical (unpaired) electrons. The molecule has 0 aliphatic carbocycles. The van der Waals surface area contributed by atoms with Crippen LogP contribution in [0.1, 0.15) is 0 Å². The van der Waals surface area contributed by atoms with Gasteiger partial charge in [0.1, 0.15) is 0 Å². The lowest BCUT2D eigenvalue weighted by Crippen LogP contribution is -1.90. The van der Waals surface area contributed by atoms with Crippen LogP contribution in [-0.2, 0) is 0 Å². The molecule has 94 valence electrons. The van der Waals surface area contributed by atoms with Crippen LogP contribution in [0.5, 0.6) is 0 Å². The molecule has 0 amide bonds. The van der Waals surface area contributed by atoms with Crippen molar-refractivity contribution >= 4 is 17.3 Å². The van der Waals surface area contributed by atoms with Crippen molar-refractivity contribution in [3.05, 3.63) is 47.7 Å². The molecule has 5 nitrogen and oxygen atoms in total. The lowest BCUT2D eigenvalue weighted by atomic mass is 10.2. The van der Waals surface area contributed by atoms with Crippen LogP contribution in [0.25, 0.3) is 22.8 Å². The normalized spacial score (nSPS) is 10.6. The summed E-state index contributed by atoms with van der Waals surface area (Å²) in [6.07, 6.45) is 3.34. The van der Waals surface area contributed by atoms with Crippen LogP contribution in [0.3, 0.4) is 0 Å². The van der Waals surface area contributed by atoms with Crippen LogP contribution in [0.4, 0.5) is 5.69 Å². The number of hydrogen-bond donors (Lipinski definition) is 1. The summed E-state index contributed by atoms with van der Waals surface area (Å²) < 4.78 is 5.21. The van der Waals surface area contributed by atoms with Gasteiger partial charge in [0.05, 0.1) is 5.56 Å². The average molecular weight is 273 g/mol. The van der Waals surface area contributed by atoms with Gasteiger partial charge < -0.3 is 10.3 Å². The molecule has 0 atom stereocenters. The average Bonchev–Trinajstić information content (AvgIpc) is 2.92. The van der Waals surface area contributed by atoms with E-state index in [9.17, 15) is 0 Å². The summed E-state index contributed by atoms with van der Waals surface area (Å²) in [5.74, 6) is 0.793. The smallest absolute Gasteiger partial charge is 0.260 e. The van der Waals surface area contributed by atoms with E-state index in [0.717, 1.165) is 5.56 Å². The first-order valence-corrected chi connectivity index (χ1v) is 5.91. The molecule has 0 fully saturated rings. The Hall–Kier alpha value is -2.40. The van der Waals surface area contributed by atoms with Crippen LogP contribution >= 0.6 is 11.6 Å². The standard InChI is InChI=1S/C13H9ClN4O/c14-9-3-4-11(15)10(6-9)13-17-12(18-19-13)8-2-1-5-16-7-8/h1-7H,15H2. The highest BCUT2D eigenvalue weighted by Gasteiger charge is 2.13. The van der Waals surface area contributed by atoms with Crippen molar-refractivity contribution in [2.75, 3.05) is 5.73 Å². The fraction of sp³-hybridized carbons (Fsp3) is 0. The Labute approximate surface area is 114 Å². The Balaban J connectivity index is 2.04. The van der Waals surface area contributed by atoms with Crippen LogP contribution in [-0.4, -0.2) is 15.1 Å². The molecule has 0 aliphatic heterocycles. The number of hydrogen-bond acceptors (Lipinski definition) is 5. The summed E-state index contributed by atoms with van der Waals surface area (Å²) in [7, 11) is 0. The van der Waals surface area contributed by atoms with Gasteiger partial charge in [-0.05, 0) is 30.3 Å². The maximum absolute atomic E-state index is 5.94. The zero-order valence-electron chi connectivity index (χ0n) is 9.75. The van der Waals surface area contributed by atoms with Crippen LogP contribution in [0, 0.1) is 0 Å². The molecule has 3 aromatic rings. The molecule has 0 saturated carbocycles. The first kappa shape index (κ1) is 11.7. The number of nitrogens with two attached hydrogens (primary N) is 1. The summed E-state index contributed by atoms with van der Waals surface area (Å²) in [6.45, 7) is 0. The van der Waals surface area contributed by atoms with Gasteiger partial charge in [-0.15, -0.1) is 0 Å². The van der Waals surface area contributed by atoms with Gasteiger partial charge in [0.25, 0.3) is 5.89 Å². The first-order chi connectivity index (χ1) is 9.24. The van der Waals surface area contributed by atoms with Gasteiger partial charge in [-0.2, -0.15) is 4.98 Å². The number of anilines is 1. The van der Waals surface area contributed by atoms with Gasteiger partial charge in [0, 0.05) is 28.7 Å². The minimum Gasteiger partial charge on any atom is -0.398 e. The van der Waals surface area contributed by atoms with E-state index in [4.69, 9.17) is 21.9 Å². The predicted octanol–water partition coefficient (Wildman–Crippen LogP) is 3.03. The van der Waals surface area contributed by atoms with E-state index in [1.54, 1.807) is 36.7 Å². The van der Waals surface area contributed by atoms with E-state index in [2.05, 4.69) is 15.1 Å². The van der Waals surface area contributed by atoms with E-state index in [0.29, 0.717) is 28.0 Å². The maximum Gasteiger partial charge on any atom is 0.260 e. The van der Waals surface area contributed by atoms with Gasteiger partial charge in [0.15, 0.2) is 0 Å². The van der Waals surface area contributed by atoms with Crippen molar-refractivity contribution in [3.8, 4) is 22.8 Å². The largest absolute Gasteiger partial charge is 0.398 e. The highest BCUT2D eigenvalue weighted by Crippen LogP contribution is 2.28. The molecular weight excluding hydrogens is 264 g/mol. The topological polar surface area (TPSA) is 77.8 Å². The quantitative estimate of drug-likeness (QED) is 0.726. The van der Waals surface area contributed by atoms with Crippen molar-refractivity contribution in [2.45, 2.75) is 0 Å². The van der Waals surface area contributed by atoms with E-state index >= 15 is 0 Å². The molecule has 0 saturated heterocycles. The van der Waals surface area contributed by atoms with Gasteiger partial charge >= 0.3 is 0 Å². The van der Waals surface area contributed by atoms with Crippen molar-refractivity contribution < 1.29 is 4.52 Å². The molecule has 6 heteroatoms. The fourth-order valence-electron chi connectivity index (χ4n) is 1.66. The molecule has 19 heavy (non-hydrogen) atoms. The predicted molar refractivity (Wildman–Crippen MR) is 72.4 cm³/mol. The summed E-state index contributed by atoms with van der Waals surface area (Å²) in [5, 5.41) is 4.47. The zero-order valence-corrected chi connectivity index (χ0v) is 10.5. The number of nitrogen functional groups attached to an aromatic ring is 1. The summed E-state index contributed by atoms with van der Waals surface area (Å²) >= 11 is 5.94. The fourth-order valence-corrected chi connectivity index (χ4v) is 1.83. The molecule has 3 rings (SSSR count). The Morgan fingerprint density at radius 3 is 2.89 bits per heavy atom. The van der Waals surface area contributed by atoms with Gasteiger partial charge in [-0.25, -0.2) is 0 Å². The van der Waals surface area contributed by atoms with Crippen molar-refractivity contribution in [1.29, 1.82) is 0 Å². The number of halogens is 1. The minimum absolute atomic E-state index is 0.332. The highest BCUT2D eigenvalue weighted by atomic mass is 35.5. The number of nitrogens with zero attached hydrogens (tertiary/aromatic N) is 3. The maximum atomic E-state index is 5.94. The van der Waals surface area contributed by atoms with Crippen LogP contribution in [0.15, 0.2) is 47.2 Å².